The number of aliphatic carboxylic acids is 1. The summed E-state index contributed by atoms with van der Waals surface area (Å²) >= 11 is 5.91. The first-order valence-electron chi connectivity index (χ1n) is 6.58. The highest BCUT2D eigenvalue weighted by Crippen LogP contribution is 2.42. The maximum Gasteiger partial charge on any atom is 0.306 e. The van der Waals surface area contributed by atoms with Crippen LogP contribution < -0.4 is 0 Å². The van der Waals surface area contributed by atoms with Crippen molar-refractivity contribution in [3.05, 3.63) is 34.9 Å². The van der Waals surface area contributed by atoms with Crippen LogP contribution in [0.1, 0.15) is 44.1 Å². The van der Waals surface area contributed by atoms with Gasteiger partial charge in [0, 0.05) is 5.02 Å². The second-order valence-electron chi connectivity index (χ2n) is 5.23. The highest BCUT2D eigenvalue weighted by molar-refractivity contribution is 6.30. The predicted molar refractivity (Wildman–Crippen MR) is 73.0 cm³/mol. The van der Waals surface area contributed by atoms with E-state index in [1.54, 1.807) is 0 Å². The van der Waals surface area contributed by atoms with Crippen LogP contribution in [-0.4, -0.2) is 11.1 Å². The third-order valence-corrected chi connectivity index (χ3v) is 4.40. The van der Waals surface area contributed by atoms with E-state index in [0.29, 0.717) is 5.92 Å². The van der Waals surface area contributed by atoms with Gasteiger partial charge in [-0.1, -0.05) is 43.5 Å². The number of carboxylic acid groups (broad SMARTS) is 1. The lowest BCUT2D eigenvalue weighted by molar-refractivity contribution is -0.143. The summed E-state index contributed by atoms with van der Waals surface area (Å²) in [7, 11) is 0. The van der Waals surface area contributed by atoms with Crippen LogP contribution in [0.4, 0.5) is 0 Å². The summed E-state index contributed by atoms with van der Waals surface area (Å²) in [5, 5.41) is 9.96. The van der Waals surface area contributed by atoms with Crippen molar-refractivity contribution in [1.82, 2.24) is 0 Å². The molecule has 1 aliphatic rings. The molecule has 3 heteroatoms. The summed E-state index contributed by atoms with van der Waals surface area (Å²) in [4.78, 5) is 11.2. The topological polar surface area (TPSA) is 37.3 Å². The van der Waals surface area contributed by atoms with E-state index in [0.717, 1.165) is 24.3 Å². The Morgan fingerprint density at radius 1 is 1.28 bits per heavy atom. The van der Waals surface area contributed by atoms with Gasteiger partial charge in [-0.3, -0.25) is 4.79 Å². The molecule has 0 amide bonds. The van der Waals surface area contributed by atoms with Crippen LogP contribution in [0.3, 0.4) is 0 Å². The Labute approximate surface area is 113 Å². The minimum atomic E-state index is -0.680. The van der Waals surface area contributed by atoms with Crippen molar-refractivity contribution in [3.63, 3.8) is 0 Å². The van der Waals surface area contributed by atoms with Crippen molar-refractivity contribution >= 4 is 17.6 Å². The van der Waals surface area contributed by atoms with Crippen LogP contribution >= 0.6 is 11.6 Å². The molecule has 2 rings (SSSR count). The van der Waals surface area contributed by atoms with E-state index in [1.165, 1.54) is 12.0 Å². The summed E-state index contributed by atoms with van der Waals surface area (Å²) < 4.78 is 0. The number of benzene rings is 1. The first kappa shape index (κ1) is 13.4. The van der Waals surface area contributed by atoms with Crippen LogP contribution in [0.2, 0.25) is 5.02 Å². The van der Waals surface area contributed by atoms with E-state index in [1.807, 2.05) is 31.2 Å². The Morgan fingerprint density at radius 3 is 2.50 bits per heavy atom. The molecule has 0 aromatic heterocycles. The van der Waals surface area contributed by atoms with Gasteiger partial charge in [0.1, 0.15) is 0 Å². The van der Waals surface area contributed by atoms with Crippen molar-refractivity contribution < 1.29 is 9.90 Å². The number of hydrogen-bond acceptors (Lipinski definition) is 1. The fourth-order valence-corrected chi connectivity index (χ4v) is 3.19. The summed E-state index contributed by atoms with van der Waals surface area (Å²) in [6, 6.07) is 7.88. The van der Waals surface area contributed by atoms with E-state index >= 15 is 0 Å². The van der Waals surface area contributed by atoms with Crippen LogP contribution in [0.25, 0.3) is 0 Å². The minimum Gasteiger partial charge on any atom is -0.481 e. The zero-order valence-electron chi connectivity index (χ0n) is 10.6. The second kappa shape index (κ2) is 5.75. The van der Waals surface area contributed by atoms with E-state index in [-0.39, 0.29) is 11.8 Å². The van der Waals surface area contributed by atoms with E-state index in [2.05, 4.69) is 0 Å². The zero-order chi connectivity index (χ0) is 13.1. The molecule has 2 nitrogen and oxygen atoms in total. The summed E-state index contributed by atoms with van der Waals surface area (Å²) in [5.74, 6) is -0.341. The maximum atomic E-state index is 11.2. The maximum absolute atomic E-state index is 11.2. The molecule has 0 heterocycles. The Hall–Kier alpha value is -1.02. The van der Waals surface area contributed by atoms with Crippen molar-refractivity contribution in [2.45, 2.75) is 38.5 Å². The normalized spacial score (nSPS) is 25.7. The summed E-state index contributed by atoms with van der Waals surface area (Å²) in [6.45, 7) is 1.83. The average molecular weight is 267 g/mol. The quantitative estimate of drug-likeness (QED) is 0.884. The third-order valence-electron chi connectivity index (χ3n) is 4.15. The molecule has 3 atom stereocenters. The first-order chi connectivity index (χ1) is 8.59. The number of halogens is 1. The largest absolute Gasteiger partial charge is 0.481 e. The molecule has 0 spiro atoms. The lowest BCUT2D eigenvalue weighted by Crippen LogP contribution is -2.28. The molecule has 1 fully saturated rings. The van der Waals surface area contributed by atoms with Crippen LogP contribution in [-0.2, 0) is 4.79 Å². The molecule has 3 unspecified atom stereocenters. The van der Waals surface area contributed by atoms with Crippen molar-refractivity contribution in [1.29, 1.82) is 0 Å². The number of rotatable bonds is 3. The molecule has 0 bridgehead atoms. The fraction of sp³-hybridized carbons (Fsp3) is 0.533. The van der Waals surface area contributed by atoms with Crippen molar-refractivity contribution in [3.8, 4) is 0 Å². The molecule has 0 aliphatic heterocycles. The number of carbonyl (C=O) groups is 1. The smallest absolute Gasteiger partial charge is 0.306 e. The zero-order valence-corrected chi connectivity index (χ0v) is 11.4. The van der Waals surface area contributed by atoms with Crippen molar-refractivity contribution in [2.75, 3.05) is 0 Å². The van der Waals surface area contributed by atoms with Gasteiger partial charge in [-0.2, -0.15) is 0 Å². The molecular weight excluding hydrogens is 248 g/mol. The first-order valence-corrected chi connectivity index (χ1v) is 6.95. The SMILES string of the molecule is CC(C(=O)O)C1CCCCC1c1ccc(Cl)cc1. The molecule has 1 saturated carbocycles. The van der Waals surface area contributed by atoms with Crippen LogP contribution in [0.15, 0.2) is 24.3 Å². The molecule has 0 radical (unpaired) electrons. The van der Waals surface area contributed by atoms with Crippen molar-refractivity contribution in [2.24, 2.45) is 11.8 Å². The van der Waals surface area contributed by atoms with E-state index < -0.39 is 5.97 Å². The molecule has 98 valence electrons. The standard InChI is InChI=1S/C15H19ClO2/c1-10(15(17)18)13-4-2-3-5-14(13)11-6-8-12(16)9-7-11/h6-10,13-14H,2-5H2,1H3,(H,17,18). The van der Waals surface area contributed by atoms with Gasteiger partial charge in [-0.25, -0.2) is 0 Å². The van der Waals surface area contributed by atoms with E-state index in [9.17, 15) is 9.90 Å². The minimum absolute atomic E-state index is 0.248. The number of hydrogen-bond donors (Lipinski definition) is 1. The number of carboxylic acids is 1. The fourth-order valence-electron chi connectivity index (χ4n) is 3.06. The van der Waals surface area contributed by atoms with Gasteiger partial charge in [0.05, 0.1) is 5.92 Å². The second-order valence-corrected chi connectivity index (χ2v) is 5.67. The summed E-state index contributed by atoms with van der Waals surface area (Å²) in [5.41, 5.74) is 1.23. The molecule has 0 saturated heterocycles. The van der Waals surface area contributed by atoms with Gasteiger partial charge in [-0.05, 0) is 42.4 Å². The van der Waals surface area contributed by atoms with Gasteiger partial charge in [0.2, 0.25) is 0 Å². The molecule has 1 aliphatic carbocycles. The monoisotopic (exact) mass is 266 g/mol. The highest BCUT2D eigenvalue weighted by Gasteiger charge is 2.33. The Bertz CT molecular complexity index is 413. The Morgan fingerprint density at radius 2 is 1.89 bits per heavy atom. The molecular formula is C15H19ClO2. The van der Waals surface area contributed by atoms with Gasteiger partial charge in [0.25, 0.3) is 0 Å². The third kappa shape index (κ3) is 2.86. The van der Waals surface area contributed by atoms with Gasteiger partial charge >= 0.3 is 5.97 Å². The van der Waals surface area contributed by atoms with Crippen LogP contribution in [0.5, 0.6) is 0 Å². The lowest BCUT2D eigenvalue weighted by atomic mass is 9.70. The Balaban J connectivity index is 2.22. The average Bonchev–Trinajstić information content (AvgIpc) is 2.39. The van der Waals surface area contributed by atoms with Gasteiger partial charge < -0.3 is 5.11 Å². The molecule has 18 heavy (non-hydrogen) atoms. The van der Waals surface area contributed by atoms with Gasteiger partial charge in [-0.15, -0.1) is 0 Å². The molecule has 1 N–H and O–H groups in total. The Kier molecular flexibility index (Phi) is 4.28. The summed E-state index contributed by atoms with van der Waals surface area (Å²) in [6.07, 6.45) is 4.44. The predicted octanol–water partition coefficient (Wildman–Crippen LogP) is 4.33. The van der Waals surface area contributed by atoms with E-state index in [4.69, 9.17) is 11.6 Å². The highest BCUT2D eigenvalue weighted by atomic mass is 35.5. The molecule has 1 aromatic carbocycles. The van der Waals surface area contributed by atoms with Crippen LogP contribution in [0, 0.1) is 11.8 Å². The molecule has 1 aromatic rings. The van der Waals surface area contributed by atoms with Gasteiger partial charge in [0.15, 0.2) is 0 Å². The lowest BCUT2D eigenvalue weighted by Gasteiger charge is -2.34.